The van der Waals surface area contributed by atoms with Crippen LogP contribution in [0.1, 0.15) is 20.8 Å². The van der Waals surface area contributed by atoms with Gasteiger partial charge in [0.1, 0.15) is 0 Å². The van der Waals surface area contributed by atoms with Crippen molar-refractivity contribution in [2.75, 3.05) is 32.0 Å². The first-order valence-electron chi connectivity index (χ1n) is 7.44. The van der Waals surface area contributed by atoms with Gasteiger partial charge in [-0.2, -0.15) is 0 Å². The third kappa shape index (κ3) is 5.00. The molecule has 1 unspecified atom stereocenters. The fourth-order valence-corrected chi connectivity index (χ4v) is 2.21. The van der Waals surface area contributed by atoms with Crippen molar-refractivity contribution in [3.63, 3.8) is 0 Å². The molecular weight excluding hydrogens is 302 g/mol. The van der Waals surface area contributed by atoms with E-state index in [1.54, 1.807) is 48.0 Å². The molecule has 0 spiro atoms. The Morgan fingerprint density at radius 1 is 1.23 bits per heavy atom. The Morgan fingerprint density at radius 2 is 1.82 bits per heavy atom. The average molecular weight is 326 g/mol. The van der Waals surface area contributed by atoms with Crippen LogP contribution < -0.4 is 5.32 Å². The largest absolute Gasteiger partial charge is 0.342 e. The van der Waals surface area contributed by atoms with Gasteiger partial charge in [0.25, 0.3) is 0 Å². The van der Waals surface area contributed by atoms with E-state index in [1.165, 1.54) is 0 Å². The molecule has 0 saturated carbocycles. The van der Waals surface area contributed by atoms with Crippen molar-refractivity contribution in [3.05, 3.63) is 29.3 Å². The molecule has 2 amide bonds. The van der Waals surface area contributed by atoms with E-state index >= 15 is 0 Å². The molecule has 0 heterocycles. The topological polar surface area (TPSA) is 52.7 Å². The maximum absolute atomic E-state index is 12.3. The monoisotopic (exact) mass is 325 g/mol. The zero-order chi connectivity index (χ0) is 16.7. The number of para-hydroxylation sites is 1. The number of benzene rings is 1. The summed E-state index contributed by atoms with van der Waals surface area (Å²) < 4.78 is 0. The molecule has 5 nitrogen and oxygen atoms in total. The van der Waals surface area contributed by atoms with E-state index in [9.17, 15) is 9.59 Å². The van der Waals surface area contributed by atoms with Crippen LogP contribution in [0.4, 0.5) is 5.69 Å². The summed E-state index contributed by atoms with van der Waals surface area (Å²) in [5.41, 5.74) is 0.574. The Bertz CT molecular complexity index is 518. The molecule has 1 aromatic rings. The predicted molar refractivity (Wildman–Crippen MR) is 90.1 cm³/mol. The normalized spacial score (nSPS) is 12.1. The number of carbonyl (C=O) groups is 2. The molecule has 1 atom stereocenters. The Labute approximate surface area is 137 Å². The van der Waals surface area contributed by atoms with Gasteiger partial charge >= 0.3 is 0 Å². The fraction of sp³-hybridized carbons (Fsp3) is 0.500. The highest BCUT2D eigenvalue weighted by molar-refractivity contribution is 6.33. The van der Waals surface area contributed by atoms with Gasteiger partial charge in [0.15, 0.2) is 0 Å². The summed E-state index contributed by atoms with van der Waals surface area (Å²) in [4.78, 5) is 27.8. The van der Waals surface area contributed by atoms with Gasteiger partial charge in [-0.1, -0.05) is 23.7 Å². The number of anilines is 1. The minimum Gasteiger partial charge on any atom is -0.342 e. The van der Waals surface area contributed by atoms with Gasteiger partial charge < -0.3 is 10.2 Å². The number of likely N-dealkylation sites (N-methyl/N-ethyl adjacent to an activating group) is 2. The maximum atomic E-state index is 12.3. The number of hydrogen-bond acceptors (Lipinski definition) is 3. The van der Waals surface area contributed by atoms with Gasteiger partial charge in [0.2, 0.25) is 11.8 Å². The molecule has 6 heteroatoms. The summed E-state index contributed by atoms with van der Waals surface area (Å²) >= 11 is 6.03. The van der Waals surface area contributed by atoms with E-state index in [2.05, 4.69) is 5.32 Å². The van der Waals surface area contributed by atoms with Crippen LogP contribution in [0.25, 0.3) is 0 Å². The summed E-state index contributed by atoms with van der Waals surface area (Å²) in [5, 5.41) is 3.27. The minimum atomic E-state index is -0.434. The second kappa shape index (κ2) is 8.76. The molecular formula is C16H24ClN3O2. The Hall–Kier alpha value is -1.59. The van der Waals surface area contributed by atoms with Gasteiger partial charge in [-0.25, -0.2) is 0 Å². The summed E-state index contributed by atoms with van der Waals surface area (Å²) in [6.07, 6.45) is 0. The van der Waals surface area contributed by atoms with Gasteiger partial charge in [-0.15, -0.1) is 0 Å². The van der Waals surface area contributed by atoms with E-state index in [-0.39, 0.29) is 18.4 Å². The highest BCUT2D eigenvalue weighted by Gasteiger charge is 2.22. The van der Waals surface area contributed by atoms with Crippen LogP contribution in [-0.2, 0) is 9.59 Å². The maximum Gasteiger partial charge on any atom is 0.241 e. The lowest BCUT2D eigenvalue weighted by atomic mass is 10.2. The summed E-state index contributed by atoms with van der Waals surface area (Å²) in [6, 6.07) is 6.63. The number of halogens is 1. The first-order chi connectivity index (χ1) is 10.4. The fourth-order valence-electron chi connectivity index (χ4n) is 2.03. The van der Waals surface area contributed by atoms with Crippen molar-refractivity contribution < 1.29 is 9.59 Å². The van der Waals surface area contributed by atoms with Crippen molar-refractivity contribution >= 4 is 29.1 Å². The first kappa shape index (κ1) is 18.5. The minimum absolute atomic E-state index is 0.0184. The molecule has 0 aromatic heterocycles. The van der Waals surface area contributed by atoms with E-state index in [1.807, 2.05) is 13.8 Å². The Kier molecular flexibility index (Phi) is 7.35. The van der Waals surface area contributed by atoms with E-state index < -0.39 is 6.04 Å². The molecule has 0 aliphatic heterocycles. The van der Waals surface area contributed by atoms with Gasteiger partial charge in [-0.05, 0) is 40.0 Å². The lowest BCUT2D eigenvalue weighted by molar-refractivity contribution is -0.133. The molecule has 122 valence electrons. The lowest BCUT2D eigenvalue weighted by Crippen LogP contribution is -2.46. The van der Waals surface area contributed by atoms with Crippen molar-refractivity contribution in [1.29, 1.82) is 0 Å². The van der Waals surface area contributed by atoms with Crippen LogP contribution in [0.5, 0.6) is 0 Å². The smallest absolute Gasteiger partial charge is 0.241 e. The van der Waals surface area contributed by atoms with Crippen LogP contribution in [0.3, 0.4) is 0 Å². The standard InChI is InChI=1S/C16H24ClN3O2/c1-5-20(6-2)15(21)11-19(4)12(3)16(22)18-14-10-8-7-9-13(14)17/h7-10,12H,5-6,11H2,1-4H3,(H,18,22). The molecule has 1 rings (SSSR count). The Morgan fingerprint density at radius 3 is 2.36 bits per heavy atom. The van der Waals surface area contributed by atoms with Crippen LogP contribution >= 0.6 is 11.6 Å². The summed E-state index contributed by atoms with van der Waals surface area (Å²) in [5.74, 6) is -0.173. The van der Waals surface area contributed by atoms with Gasteiger partial charge in [-0.3, -0.25) is 14.5 Å². The van der Waals surface area contributed by atoms with Crippen LogP contribution in [0, 0.1) is 0 Å². The molecule has 22 heavy (non-hydrogen) atoms. The first-order valence-corrected chi connectivity index (χ1v) is 7.81. The molecule has 0 saturated heterocycles. The highest BCUT2D eigenvalue weighted by atomic mass is 35.5. The molecule has 0 radical (unpaired) electrons. The zero-order valence-electron chi connectivity index (χ0n) is 13.6. The predicted octanol–water partition coefficient (Wildman–Crippen LogP) is 2.47. The third-order valence-corrected chi connectivity index (χ3v) is 4.00. The molecule has 0 aliphatic carbocycles. The zero-order valence-corrected chi connectivity index (χ0v) is 14.4. The van der Waals surface area contributed by atoms with Crippen LogP contribution in [0.15, 0.2) is 24.3 Å². The quantitative estimate of drug-likeness (QED) is 0.838. The number of rotatable bonds is 7. The van der Waals surface area contributed by atoms with E-state index in [0.29, 0.717) is 23.8 Å². The molecule has 0 aliphatic rings. The van der Waals surface area contributed by atoms with E-state index in [0.717, 1.165) is 0 Å². The molecule has 1 aromatic carbocycles. The van der Waals surface area contributed by atoms with Crippen molar-refractivity contribution in [1.82, 2.24) is 9.80 Å². The number of hydrogen-bond donors (Lipinski definition) is 1. The third-order valence-electron chi connectivity index (χ3n) is 3.67. The molecule has 0 bridgehead atoms. The van der Waals surface area contributed by atoms with Crippen LogP contribution in [-0.4, -0.2) is 54.3 Å². The SMILES string of the molecule is CCN(CC)C(=O)CN(C)C(C)C(=O)Nc1ccccc1Cl. The van der Waals surface area contributed by atoms with E-state index in [4.69, 9.17) is 11.6 Å². The molecule has 0 fully saturated rings. The van der Waals surface area contributed by atoms with Gasteiger partial charge in [0.05, 0.1) is 23.3 Å². The average Bonchev–Trinajstić information content (AvgIpc) is 2.49. The summed E-state index contributed by atoms with van der Waals surface area (Å²) in [6.45, 7) is 7.19. The van der Waals surface area contributed by atoms with Crippen molar-refractivity contribution in [2.24, 2.45) is 0 Å². The highest BCUT2D eigenvalue weighted by Crippen LogP contribution is 2.20. The van der Waals surface area contributed by atoms with Crippen molar-refractivity contribution in [2.45, 2.75) is 26.8 Å². The number of nitrogens with one attached hydrogen (secondary N) is 1. The van der Waals surface area contributed by atoms with Crippen LogP contribution in [0.2, 0.25) is 5.02 Å². The Balaban J connectivity index is 2.62. The second-order valence-electron chi connectivity index (χ2n) is 5.13. The van der Waals surface area contributed by atoms with Crippen molar-refractivity contribution in [3.8, 4) is 0 Å². The molecule has 1 N–H and O–H groups in total. The number of nitrogens with zero attached hydrogens (tertiary/aromatic N) is 2. The number of amides is 2. The lowest BCUT2D eigenvalue weighted by Gasteiger charge is -2.26. The second-order valence-corrected chi connectivity index (χ2v) is 5.53. The number of carbonyl (C=O) groups excluding carboxylic acids is 2. The summed E-state index contributed by atoms with van der Waals surface area (Å²) in [7, 11) is 1.76. The van der Waals surface area contributed by atoms with Gasteiger partial charge in [0, 0.05) is 13.1 Å².